The van der Waals surface area contributed by atoms with Crippen LogP contribution in [-0.2, 0) is 11.3 Å². The number of nitrogens with one attached hydrogen (secondary N) is 2. The number of carbonyl (C=O) groups is 1. The van der Waals surface area contributed by atoms with Crippen LogP contribution >= 0.6 is 15.9 Å². The van der Waals surface area contributed by atoms with E-state index in [1.165, 1.54) is 6.20 Å². The first-order valence-corrected chi connectivity index (χ1v) is 7.17. The molecule has 0 fully saturated rings. The molecule has 7 nitrogen and oxygen atoms in total. The summed E-state index contributed by atoms with van der Waals surface area (Å²) >= 11 is 3.02. The maximum atomic E-state index is 12.0. The second-order valence-corrected chi connectivity index (χ2v) is 5.46. The second-order valence-electron chi connectivity index (χ2n) is 4.60. The molecule has 0 aliphatic heterocycles. The molecule has 0 aromatic carbocycles. The summed E-state index contributed by atoms with van der Waals surface area (Å²) in [7, 11) is 0. The Bertz CT molecular complexity index is 581. The molecule has 0 atom stereocenters. The monoisotopic (exact) mass is 346 g/mol. The van der Waals surface area contributed by atoms with E-state index in [1.54, 1.807) is 0 Å². The van der Waals surface area contributed by atoms with Crippen molar-refractivity contribution in [1.29, 1.82) is 0 Å². The van der Waals surface area contributed by atoms with Crippen molar-refractivity contribution in [2.45, 2.75) is 38.8 Å². The Kier molecular flexibility index (Phi) is 5.70. The number of amides is 1. The highest BCUT2D eigenvalue weighted by Crippen LogP contribution is 2.13. The largest absolute Gasteiger partial charge is 0.348 e. The van der Waals surface area contributed by atoms with E-state index < -0.39 is 16.8 Å². The molecule has 1 rings (SSSR count). The molecule has 1 aromatic rings. The Balaban J connectivity index is 2.89. The van der Waals surface area contributed by atoms with Crippen molar-refractivity contribution in [2.75, 3.05) is 6.54 Å². The van der Waals surface area contributed by atoms with Crippen LogP contribution in [0.2, 0.25) is 0 Å². The Morgan fingerprint density at radius 2 is 2.05 bits per heavy atom. The van der Waals surface area contributed by atoms with Gasteiger partial charge in [0.15, 0.2) is 0 Å². The average molecular weight is 347 g/mol. The predicted octanol–water partition coefficient (Wildman–Crippen LogP) is -0.0672. The molecule has 1 aromatic heterocycles. The third-order valence-corrected chi connectivity index (χ3v) is 4.00. The summed E-state index contributed by atoms with van der Waals surface area (Å²) < 4.78 is 1.33. The van der Waals surface area contributed by atoms with Gasteiger partial charge in [0.1, 0.15) is 6.54 Å². The molecule has 112 valence electrons. The van der Waals surface area contributed by atoms with Crippen LogP contribution in [0.1, 0.15) is 26.7 Å². The van der Waals surface area contributed by atoms with Gasteiger partial charge in [0.25, 0.3) is 5.56 Å². The zero-order valence-electron chi connectivity index (χ0n) is 11.5. The molecule has 0 aliphatic carbocycles. The number of rotatable bonds is 6. The molecule has 1 heterocycles. The van der Waals surface area contributed by atoms with E-state index in [-0.39, 0.29) is 16.9 Å². The number of halogens is 1. The summed E-state index contributed by atoms with van der Waals surface area (Å²) in [5.41, 5.74) is 4.10. The van der Waals surface area contributed by atoms with E-state index in [0.29, 0.717) is 19.4 Å². The molecular formula is C12H19BrN4O3. The molecule has 0 saturated carbocycles. The van der Waals surface area contributed by atoms with Gasteiger partial charge in [0.05, 0.1) is 10.0 Å². The minimum Gasteiger partial charge on any atom is -0.348 e. The fourth-order valence-corrected chi connectivity index (χ4v) is 2.20. The topological polar surface area (TPSA) is 110 Å². The van der Waals surface area contributed by atoms with Crippen LogP contribution in [0.4, 0.5) is 0 Å². The van der Waals surface area contributed by atoms with Crippen molar-refractivity contribution >= 4 is 21.8 Å². The van der Waals surface area contributed by atoms with Gasteiger partial charge in [-0.05, 0) is 28.8 Å². The summed E-state index contributed by atoms with van der Waals surface area (Å²) in [4.78, 5) is 36.9. The predicted molar refractivity (Wildman–Crippen MR) is 79.5 cm³/mol. The zero-order chi connectivity index (χ0) is 15.3. The molecule has 0 saturated heterocycles. The Morgan fingerprint density at radius 3 is 2.55 bits per heavy atom. The van der Waals surface area contributed by atoms with Crippen LogP contribution < -0.4 is 22.3 Å². The zero-order valence-corrected chi connectivity index (χ0v) is 13.1. The van der Waals surface area contributed by atoms with E-state index in [2.05, 4.69) is 26.2 Å². The summed E-state index contributed by atoms with van der Waals surface area (Å²) in [5.74, 6) is -0.319. The fraction of sp³-hybridized carbons (Fsp3) is 0.583. The highest BCUT2D eigenvalue weighted by Gasteiger charge is 2.26. The minimum atomic E-state index is -0.625. The van der Waals surface area contributed by atoms with Gasteiger partial charge in [-0.15, -0.1) is 0 Å². The summed E-state index contributed by atoms with van der Waals surface area (Å²) in [6.07, 6.45) is 2.70. The quantitative estimate of drug-likeness (QED) is 0.669. The normalized spacial score (nSPS) is 11.4. The summed E-state index contributed by atoms with van der Waals surface area (Å²) in [5, 5.41) is 2.86. The number of H-pyrrole nitrogens is 1. The first kappa shape index (κ1) is 16.6. The SMILES string of the molecule is CCC(CC)(CN)NC(=O)Cn1cc(Br)c(=O)[nH]c1=O. The lowest BCUT2D eigenvalue weighted by Gasteiger charge is -2.31. The molecule has 0 spiro atoms. The molecule has 0 aliphatic rings. The number of hydrogen-bond acceptors (Lipinski definition) is 4. The van der Waals surface area contributed by atoms with Crippen LogP contribution in [0.3, 0.4) is 0 Å². The number of nitrogens with two attached hydrogens (primary N) is 1. The fourth-order valence-electron chi connectivity index (χ4n) is 1.86. The third-order valence-electron chi connectivity index (χ3n) is 3.43. The molecule has 0 bridgehead atoms. The molecule has 0 radical (unpaired) electrons. The van der Waals surface area contributed by atoms with Crippen molar-refractivity contribution in [3.05, 3.63) is 31.5 Å². The van der Waals surface area contributed by atoms with Crippen molar-refractivity contribution < 1.29 is 4.79 Å². The number of aromatic nitrogens is 2. The molecule has 0 unspecified atom stereocenters. The number of hydrogen-bond donors (Lipinski definition) is 3. The highest BCUT2D eigenvalue weighted by molar-refractivity contribution is 9.10. The lowest BCUT2D eigenvalue weighted by Crippen LogP contribution is -2.54. The number of carbonyl (C=O) groups excluding carboxylic acids is 1. The third kappa shape index (κ3) is 3.80. The summed E-state index contributed by atoms with van der Waals surface area (Å²) in [6.45, 7) is 4.05. The summed E-state index contributed by atoms with van der Waals surface area (Å²) in [6, 6.07) is 0. The Labute approximate surface area is 124 Å². The average Bonchev–Trinajstić information content (AvgIpc) is 2.42. The Hall–Kier alpha value is -1.41. The highest BCUT2D eigenvalue weighted by atomic mass is 79.9. The van der Waals surface area contributed by atoms with E-state index in [0.717, 1.165) is 4.57 Å². The van der Waals surface area contributed by atoms with Crippen LogP contribution in [0.15, 0.2) is 20.3 Å². The van der Waals surface area contributed by atoms with E-state index in [1.807, 2.05) is 13.8 Å². The smallest absolute Gasteiger partial charge is 0.328 e. The van der Waals surface area contributed by atoms with Gasteiger partial charge < -0.3 is 11.1 Å². The van der Waals surface area contributed by atoms with Gasteiger partial charge in [-0.3, -0.25) is 19.1 Å². The van der Waals surface area contributed by atoms with E-state index >= 15 is 0 Å². The standard InChI is InChI=1S/C12H19BrN4O3/c1-3-12(4-2,7-14)16-9(18)6-17-5-8(13)10(19)15-11(17)20/h5H,3-4,6-7,14H2,1-2H3,(H,16,18)(H,15,19,20). The Morgan fingerprint density at radius 1 is 1.45 bits per heavy atom. The van der Waals surface area contributed by atoms with Gasteiger partial charge in [-0.2, -0.15) is 0 Å². The van der Waals surface area contributed by atoms with Crippen molar-refractivity contribution in [3.8, 4) is 0 Å². The molecule has 1 amide bonds. The second kappa shape index (κ2) is 6.85. The lowest BCUT2D eigenvalue weighted by atomic mass is 9.93. The van der Waals surface area contributed by atoms with E-state index in [4.69, 9.17) is 5.73 Å². The number of nitrogens with zero attached hydrogens (tertiary/aromatic N) is 1. The van der Waals surface area contributed by atoms with Gasteiger partial charge in [-0.1, -0.05) is 13.8 Å². The first-order valence-electron chi connectivity index (χ1n) is 6.37. The van der Waals surface area contributed by atoms with Crippen LogP contribution in [-0.4, -0.2) is 27.5 Å². The van der Waals surface area contributed by atoms with Gasteiger partial charge >= 0.3 is 5.69 Å². The minimum absolute atomic E-state index is 0.171. The maximum Gasteiger partial charge on any atom is 0.328 e. The van der Waals surface area contributed by atoms with Crippen molar-refractivity contribution in [2.24, 2.45) is 5.73 Å². The van der Waals surface area contributed by atoms with Crippen LogP contribution in [0, 0.1) is 0 Å². The van der Waals surface area contributed by atoms with E-state index in [9.17, 15) is 14.4 Å². The van der Waals surface area contributed by atoms with Crippen molar-refractivity contribution in [3.63, 3.8) is 0 Å². The van der Waals surface area contributed by atoms with Gasteiger partial charge in [0.2, 0.25) is 5.91 Å². The molecular weight excluding hydrogens is 328 g/mol. The first-order chi connectivity index (χ1) is 9.37. The maximum absolute atomic E-state index is 12.0. The molecule has 20 heavy (non-hydrogen) atoms. The van der Waals surface area contributed by atoms with Crippen molar-refractivity contribution in [1.82, 2.24) is 14.9 Å². The van der Waals surface area contributed by atoms with Crippen LogP contribution in [0.5, 0.6) is 0 Å². The van der Waals surface area contributed by atoms with Gasteiger partial charge in [0, 0.05) is 12.7 Å². The molecule has 8 heteroatoms. The lowest BCUT2D eigenvalue weighted by molar-refractivity contribution is -0.123. The molecule has 4 N–H and O–H groups in total. The van der Waals surface area contributed by atoms with Crippen LogP contribution in [0.25, 0.3) is 0 Å². The number of aromatic amines is 1. The van der Waals surface area contributed by atoms with Gasteiger partial charge in [-0.25, -0.2) is 4.79 Å².